The van der Waals surface area contributed by atoms with Crippen molar-refractivity contribution in [2.45, 2.75) is 26.1 Å². The fourth-order valence-corrected chi connectivity index (χ4v) is 5.01. The van der Waals surface area contributed by atoms with Crippen LogP contribution in [0.25, 0.3) is 0 Å². The third-order valence-corrected chi connectivity index (χ3v) is 6.24. The molecule has 0 saturated heterocycles. The molecule has 0 radical (unpaired) electrons. The van der Waals surface area contributed by atoms with Crippen LogP contribution in [0.1, 0.15) is 39.5 Å². The van der Waals surface area contributed by atoms with Crippen molar-refractivity contribution < 1.29 is 14.3 Å². The lowest BCUT2D eigenvalue weighted by Crippen LogP contribution is -2.38. The van der Waals surface area contributed by atoms with E-state index in [1.807, 2.05) is 18.2 Å². The van der Waals surface area contributed by atoms with Crippen LogP contribution < -0.4 is 20.1 Å². The predicted molar refractivity (Wildman–Crippen MR) is 95.4 cm³/mol. The van der Waals surface area contributed by atoms with Gasteiger partial charge in [-0.2, -0.15) is 0 Å². The molecule has 25 heavy (non-hydrogen) atoms. The van der Waals surface area contributed by atoms with Crippen molar-refractivity contribution in [3.63, 3.8) is 0 Å². The lowest BCUT2D eigenvalue weighted by molar-refractivity contribution is 0.0934. The van der Waals surface area contributed by atoms with E-state index in [9.17, 15) is 4.79 Å². The Labute approximate surface area is 149 Å². The molecule has 1 amide bonds. The normalized spacial score (nSPS) is 21.3. The van der Waals surface area contributed by atoms with Crippen LogP contribution in [0.2, 0.25) is 0 Å². The summed E-state index contributed by atoms with van der Waals surface area (Å²) in [4.78, 5) is 16.5. The van der Waals surface area contributed by atoms with Crippen LogP contribution in [0.15, 0.2) is 18.2 Å². The van der Waals surface area contributed by atoms with Crippen LogP contribution in [0.3, 0.4) is 0 Å². The fourth-order valence-electron chi connectivity index (χ4n) is 3.70. The number of thiophene rings is 1. The number of nitrogens with zero attached hydrogens (tertiary/aromatic N) is 1. The molecule has 1 aromatic heterocycles. The number of anilines is 1. The Morgan fingerprint density at radius 2 is 2.16 bits per heavy atom. The topological polar surface area (TPSA) is 62.8 Å². The molecular weight excluding hydrogens is 338 g/mol. The second kappa shape index (κ2) is 5.64. The van der Waals surface area contributed by atoms with Gasteiger partial charge in [-0.15, -0.1) is 11.3 Å². The van der Waals surface area contributed by atoms with Crippen molar-refractivity contribution in [1.82, 2.24) is 10.2 Å². The molecule has 0 bridgehead atoms. The molecule has 2 N–H and O–H groups in total. The van der Waals surface area contributed by atoms with Crippen molar-refractivity contribution >= 4 is 22.2 Å². The number of rotatable bonds is 2. The molecule has 7 heteroatoms. The maximum Gasteiger partial charge on any atom is 0.256 e. The molecule has 1 atom stereocenters. The Hall–Kier alpha value is -2.25. The van der Waals surface area contributed by atoms with Gasteiger partial charge in [-0.05, 0) is 36.2 Å². The Kier molecular flexibility index (Phi) is 3.39. The molecular formula is C18H19N3O3S. The van der Waals surface area contributed by atoms with Gasteiger partial charge in [0.1, 0.15) is 11.2 Å². The van der Waals surface area contributed by atoms with Gasteiger partial charge in [0, 0.05) is 18.0 Å². The first-order chi connectivity index (χ1) is 12.2. The molecule has 0 spiro atoms. The van der Waals surface area contributed by atoms with Crippen molar-refractivity contribution in [2.75, 3.05) is 25.2 Å². The van der Waals surface area contributed by atoms with Crippen molar-refractivity contribution in [1.29, 1.82) is 0 Å². The van der Waals surface area contributed by atoms with Gasteiger partial charge in [0.15, 0.2) is 11.5 Å². The van der Waals surface area contributed by atoms with Crippen LogP contribution in [0.4, 0.5) is 5.00 Å². The highest BCUT2D eigenvalue weighted by molar-refractivity contribution is 7.16. The van der Waals surface area contributed by atoms with Crippen LogP contribution in [-0.4, -0.2) is 30.7 Å². The predicted octanol–water partition coefficient (Wildman–Crippen LogP) is 2.71. The van der Waals surface area contributed by atoms with Crippen LogP contribution >= 0.6 is 11.3 Å². The van der Waals surface area contributed by atoms with E-state index in [4.69, 9.17) is 9.47 Å². The van der Waals surface area contributed by atoms with Crippen LogP contribution in [-0.2, 0) is 13.0 Å². The van der Waals surface area contributed by atoms with E-state index in [-0.39, 0.29) is 18.9 Å². The van der Waals surface area contributed by atoms with E-state index in [2.05, 4.69) is 22.5 Å². The first-order valence-corrected chi connectivity index (χ1v) is 9.38. The highest BCUT2D eigenvalue weighted by atomic mass is 32.1. The molecule has 0 fully saturated rings. The van der Waals surface area contributed by atoms with E-state index in [1.165, 1.54) is 10.4 Å². The summed E-state index contributed by atoms with van der Waals surface area (Å²) in [6, 6.07) is 5.78. The van der Waals surface area contributed by atoms with Crippen molar-refractivity contribution in [2.24, 2.45) is 0 Å². The molecule has 0 aliphatic carbocycles. The number of benzene rings is 1. The summed E-state index contributed by atoms with van der Waals surface area (Å²) in [6.07, 6.45) is 0.690. The number of hydrogen-bond acceptors (Lipinski definition) is 6. The molecule has 4 heterocycles. The number of carbonyl (C=O) groups excluding carboxylic acids is 1. The van der Waals surface area contributed by atoms with Gasteiger partial charge < -0.3 is 20.1 Å². The lowest BCUT2D eigenvalue weighted by atomic mass is 10.0. The summed E-state index contributed by atoms with van der Waals surface area (Å²) in [7, 11) is 0. The number of fused-ring (bicyclic) bond motifs is 4. The molecule has 5 rings (SSSR count). The minimum Gasteiger partial charge on any atom is -0.454 e. The minimum absolute atomic E-state index is 0.0128. The van der Waals surface area contributed by atoms with Gasteiger partial charge in [0.25, 0.3) is 5.91 Å². The van der Waals surface area contributed by atoms with Gasteiger partial charge in [-0.3, -0.25) is 9.69 Å². The third-order valence-electron chi connectivity index (χ3n) is 5.09. The van der Waals surface area contributed by atoms with E-state index >= 15 is 0 Å². The number of ether oxygens (including phenoxy) is 2. The number of carbonyl (C=O) groups is 1. The summed E-state index contributed by atoms with van der Waals surface area (Å²) >= 11 is 1.71. The molecule has 3 aliphatic rings. The molecule has 2 aromatic rings. The molecule has 0 unspecified atom stereocenters. The average molecular weight is 357 g/mol. The zero-order chi connectivity index (χ0) is 17.0. The van der Waals surface area contributed by atoms with Crippen molar-refractivity contribution in [3.8, 4) is 11.5 Å². The van der Waals surface area contributed by atoms with Gasteiger partial charge in [-0.1, -0.05) is 13.0 Å². The second-order valence-corrected chi connectivity index (χ2v) is 7.60. The first kappa shape index (κ1) is 15.0. The average Bonchev–Trinajstić information content (AvgIpc) is 3.24. The summed E-state index contributed by atoms with van der Waals surface area (Å²) in [5, 5.41) is 7.57. The van der Waals surface area contributed by atoms with E-state index in [1.54, 1.807) is 11.3 Å². The number of nitrogens with one attached hydrogen (secondary N) is 2. The quantitative estimate of drug-likeness (QED) is 0.865. The summed E-state index contributed by atoms with van der Waals surface area (Å²) in [6.45, 7) is 5.43. The zero-order valence-corrected chi connectivity index (χ0v) is 14.7. The largest absolute Gasteiger partial charge is 0.454 e. The Balaban J connectivity index is 1.47. The van der Waals surface area contributed by atoms with E-state index in [0.717, 1.165) is 53.7 Å². The maximum atomic E-state index is 12.8. The summed E-state index contributed by atoms with van der Waals surface area (Å²) in [5.74, 6) is 1.49. The Bertz CT molecular complexity index is 863. The minimum atomic E-state index is -0.253. The van der Waals surface area contributed by atoms with Crippen LogP contribution in [0, 0.1) is 0 Å². The molecule has 3 aliphatic heterocycles. The highest BCUT2D eigenvalue weighted by Gasteiger charge is 2.33. The number of likely N-dealkylation sites (N-methyl/N-ethyl adjacent to an activating group) is 1. The van der Waals surface area contributed by atoms with Gasteiger partial charge in [-0.25, -0.2) is 0 Å². The fraction of sp³-hybridized carbons (Fsp3) is 0.389. The maximum absolute atomic E-state index is 12.8. The van der Waals surface area contributed by atoms with Crippen LogP contribution in [0.5, 0.6) is 11.5 Å². The van der Waals surface area contributed by atoms with E-state index < -0.39 is 0 Å². The number of hydrogen-bond donors (Lipinski definition) is 2. The highest BCUT2D eigenvalue weighted by Crippen LogP contribution is 2.42. The monoisotopic (exact) mass is 357 g/mol. The van der Waals surface area contributed by atoms with Gasteiger partial charge >= 0.3 is 0 Å². The molecule has 1 aromatic carbocycles. The summed E-state index contributed by atoms with van der Waals surface area (Å²) < 4.78 is 10.8. The number of amides is 1. The lowest BCUT2D eigenvalue weighted by Gasteiger charge is -2.28. The van der Waals surface area contributed by atoms with Gasteiger partial charge in [0.05, 0.1) is 5.56 Å². The second-order valence-electron chi connectivity index (χ2n) is 6.49. The molecule has 130 valence electrons. The first-order valence-electron chi connectivity index (χ1n) is 8.56. The van der Waals surface area contributed by atoms with E-state index in [0.29, 0.717) is 0 Å². The molecule has 0 saturated carbocycles. The third kappa shape index (κ3) is 2.38. The standard InChI is InChI=1S/C18H19N3O3S/c1-2-21-6-5-11-14(8-21)25-18-15(11)17(22)19-16(20-18)10-3-4-12-13(7-10)24-9-23-12/h3-4,7,16,20H,2,5-6,8-9H2,1H3,(H,19,22)/t16-/m0/s1. The summed E-state index contributed by atoms with van der Waals surface area (Å²) in [5.41, 5.74) is 3.02. The Morgan fingerprint density at radius 3 is 3.04 bits per heavy atom. The van der Waals surface area contributed by atoms with Crippen molar-refractivity contribution in [3.05, 3.63) is 39.8 Å². The smallest absolute Gasteiger partial charge is 0.256 e. The zero-order valence-electron chi connectivity index (χ0n) is 13.9. The Morgan fingerprint density at radius 1 is 1.28 bits per heavy atom. The molecule has 6 nitrogen and oxygen atoms in total. The SMILES string of the molecule is CCN1CCc2c(sc3c2C(=O)N[C@H](c2ccc4c(c2)OCO4)N3)C1. The van der Waals surface area contributed by atoms with Gasteiger partial charge in [0.2, 0.25) is 6.79 Å².